The minimum absolute atomic E-state index is 0.189. The van der Waals surface area contributed by atoms with E-state index in [1.54, 1.807) is 7.11 Å². The van der Waals surface area contributed by atoms with Crippen molar-refractivity contribution < 1.29 is 23.4 Å². The van der Waals surface area contributed by atoms with Crippen molar-refractivity contribution in [3.05, 3.63) is 106 Å². The third-order valence-corrected chi connectivity index (χ3v) is 6.13. The predicted molar refractivity (Wildman–Crippen MR) is 142 cm³/mol. The Hall–Kier alpha value is -3.60. The molecule has 3 rings (SSSR count). The number of carbonyl (C=O) groups is 1. The van der Waals surface area contributed by atoms with E-state index < -0.39 is 5.82 Å². The predicted octanol–water partition coefficient (Wildman–Crippen LogP) is 7.91. The van der Waals surface area contributed by atoms with Crippen molar-refractivity contribution in [3.63, 3.8) is 0 Å². The quantitative estimate of drug-likeness (QED) is 0.163. The summed E-state index contributed by atoms with van der Waals surface area (Å²) in [5.41, 5.74) is 3.67. The fourth-order valence-electron chi connectivity index (χ4n) is 3.99. The maximum atomic E-state index is 13.7. The first-order valence-electron chi connectivity index (χ1n) is 12.5. The Morgan fingerprint density at radius 3 is 2.58 bits per heavy atom. The first kappa shape index (κ1) is 27.0. The van der Waals surface area contributed by atoms with E-state index in [1.807, 2.05) is 24.3 Å². The van der Waals surface area contributed by atoms with Gasteiger partial charge in [0.15, 0.2) is 6.29 Å². The summed E-state index contributed by atoms with van der Waals surface area (Å²) in [6, 6.07) is 11.8. The molecule has 36 heavy (non-hydrogen) atoms. The zero-order valence-corrected chi connectivity index (χ0v) is 21.4. The van der Waals surface area contributed by atoms with Gasteiger partial charge in [0, 0.05) is 12.8 Å². The molecule has 1 aliphatic rings. The number of hydrogen-bond acceptors (Lipinski definition) is 4. The molecule has 1 aliphatic carbocycles. The number of allylic oxidation sites excluding steroid dienone is 7. The zero-order chi connectivity index (χ0) is 25.8. The van der Waals surface area contributed by atoms with Crippen LogP contribution < -0.4 is 9.47 Å². The van der Waals surface area contributed by atoms with Gasteiger partial charge in [-0.1, -0.05) is 44.2 Å². The highest BCUT2D eigenvalue weighted by molar-refractivity contribution is 5.79. The van der Waals surface area contributed by atoms with Gasteiger partial charge in [0.2, 0.25) is 0 Å². The molecular weight excluding hydrogens is 455 g/mol. The van der Waals surface area contributed by atoms with E-state index in [0.29, 0.717) is 25.1 Å². The average molecular weight is 491 g/mol. The molecule has 0 spiro atoms. The topological polar surface area (TPSA) is 44.8 Å². The lowest BCUT2D eigenvalue weighted by atomic mass is 10.0. The molecule has 2 aromatic rings. The monoisotopic (exact) mass is 490 g/mol. The van der Waals surface area contributed by atoms with E-state index in [-0.39, 0.29) is 5.56 Å². The summed E-state index contributed by atoms with van der Waals surface area (Å²) in [5.74, 6) is 2.40. The Kier molecular flexibility index (Phi) is 10.6. The van der Waals surface area contributed by atoms with Crippen molar-refractivity contribution in [1.29, 1.82) is 0 Å². The molecule has 0 heterocycles. The van der Waals surface area contributed by atoms with Crippen LogP contribution in [0.25, 0.3) is 0 Å². The van der Waals surface area contributed by atoms with Gasteiger partial charge >= 0.3 is 0 Å². The van der Waals surface area contributed by atoms with Gasteiger partial charge in [-0.15, -0.1) is 0 Å². The summed E-state index contributed by atoms with van der Waals surface area (Å²) in [7, 11) is 1.64. The molecule has 0 radical (unpaired) electrons. The second-order valence-corrected chi connectivity index (χ2v) is 8.59. The Morgan fingerprint density at radius 1 is 1.08 bits per heavy atom. The van der Waals surface area contributed by atoms with Crippen molar-refractivity contribution >= 4 is 6.29 Å². The molecule has 0 bridgehead atoms. The van der Waals surface area contributed by atoms with Crippen LogP contribution in [0.3, 0.4) is 0 Å². The summed E-state index contributed by atoms with van der Waals surface area (Å²) in [6.45, 7) is 4.84. The van der Waals surface area contributed by atoms with Crippen LogP contribution in [-0.4, -0.2) is 20.0 Å². The summed E-state index contributed by atoms with van der Waals surface area (Å²) in [6.07, 6.45) is 13.8. The molecule has 0 atom stereocenters. The molecule has 0 saturated carbocycles. The average Bonchev–Trinajstić information content (AvgIpc) is 3.15. The maximum Gasteiger partial charge on any atom is 0.153 e. The lowest BCUT2D eigenvalue weighted by Gasteiger charge is -2.18. The van der Waals surface area contributed by atoms with Crippen LogP contribution in [0, 0.1) is 5.82 Å². The third-order valence-electron chi connectivity index (χ3n) is 6.13. The first-order valence-corrected chi connectivity index (χ1v) is 12.5. The summed E-state index contributed by atoms with van der Waals surface area (Å²) in [4.78, 5) is 11.5. The molecular formula is C31H35FO4. The second-order valence-electron chi connectivity index (χ2n) is 8.59. The van der Waals surface area contributed by atoms with E-state index in [1.165, 1.54) is 23.8 Å². The largest absolute Gasteiger partial charge is 0.498 e. The van der Waals surface area contributed by atoms with E-state index in [4.69, 9.17) is 14.2 Å². The number of aldehydes is 1. The van der Waals surface area contributed by atoms with Gasteiger partial charge in [-0.05, 0) is 78.8 Å². The van der Waals surface area contributed by atoms with Crippen LogP contribution >= 0.6 is 0 Å². The number of rotatable bonds is 13. The van der Waals surface area contributed by atoms with Crippen LogP contribution in [0.4, 0.5) is 4.39 Å². The van der Waals surface area contributed by atoms with Gasteiger partial charge in [0.1, 0.15) is 23.1 Å². The molecule has 4 nitrogen and oxygen atoms in total. The molecule has 0 saturated heterocycles. The van der Waals surface area contributed by atoms with Crippen molar-refractivity contribution in [3.8, 4) is 11.5 Å². The summed E-state index contributed by atoms with van der Waals surface area (Å²) < 4.78 is 31.3. The van der Waals surface area contributed by atoms with Gasteiger partial charge in [-0.3, -0.25) is 4.79 Å². The summed E-state index contributed by atoms with van der Waals surface area (Å²) >= 11 is 0. The van der Waals surface area contributed by atoms with Crippen LogP contribution in [-0.2, 0) is 11.2 Å². The van der Waals surface area contributed by atoms with E-state index in [9.17, 15) is 9.18 Å². The highest BCUT2D eigenvalue weighted by Crippen LogP contribution is 2.27. The fraction of sp³-hybridized carbons (Fsp3) is 0.323. The highest BCUT2D eigenvalue weighted by atomic mass is 19.1. The minimum Gasteiger partial charge on any atom is -0.498 e. The number of benzene rings is 2. The molecule has 0 aliphatic heterocycles. The number of methoxy groups -OCH3 is 1. The molecule has 2 aromatic carbocycles. The Morgan fingerprint density at radius 2 is 1.89 bits per heavy atom. The molecule has 0 fully saturated rings. The van der Waals surface area contributed by atoms with Crippen LogP contribution in [0.1, 0.15) is 61.9 Å². The fourth-order valence-corrected chi connectivity index (χ4v) is 3.99. The normalized spacial score (nSPS) is 13.8. The zero-order valence-electron chi connectivity index (χ0n) is 21.4. The van der Waals surface area contributed by atoms with Crippen molar-refractivity contribution in [2.24, 2.45) is 0 Å². The van der Waals surface area contributed by atoms with Crippen molar-refractivity contribution in [2.45, 2.75) is 52.4 Å². The smallest absolute Gasteiger partial charge is 0.153 e. The molecule has 0 aromatic heterocycles. The molecule has 0 N–H and O–H groups in total. The molecule has 5 heteroatoms. The van der Waals surface area contributed by atoms with Crippen molar-refractivity contribution in [2.75, 3.05) is 13.7 Å². The number of carbonyl (C=O) groups excluding carboxylic acids is 1. The van der Waals surface area contributed by atoms with Crippen LogP contribution in [0.5, 0.6) is 11.5 Å². The first-order chi connectivity index (χ1) is 17.6. The van der Waals surface area contributed by atoms with Gasteiger partial charge < -0.3 is 14.2 Å². The van der Waals surface area contributed by atoms with Crippen molar-refractivity contribution in [1.82, 2.24) is 0 Å². The number of halogens is 1. The van der Waals surface area contributed by atoms with E-state index in [2.05, 4.69) is 38.2 Å². The van der Waals surface area contributed by atoms with E-state index >= 15 is 0 Å². The lowest BCUT2D eigenvalue weighted by Crippen LogP contribution is -2.07. The molecule has 0 unspecified atom stereocenters. The Labute approximate surface area is 213 Å². The van der Waals surface area contributed by atoms with Gasteiger partial charge in [0.05, 0.1) is 25.0 Å². The standard InChI is InChI=1S/C31H35FO4/c1-4-23-8-6-10-29(17-11-23)35-19-7-9-25(5-2)31(20-24-12-15-28(34-3)16-13-24)36-30-18-14-27(32)21-26(30)22-33/h6,8,11-18,21-22H,4-5,7,9-10,19-20H2,1-3H3/b31-25+. The number of hydrogen-bond donors (Lipinski definition) is 0. The van der Waals surface area contributed by atoms with Crippen LogP contribution in [0.2, 0.25) is 0 Å². The van der Waals surface area contributed by atoms with Gasteiger partial charge in [-0.2, -0.15) is 0 Å². The number of ether oxygens (including phenoxy) is 3. The Balaban J connectivity index is 1.76. The maximum absolute atomic E-state index is 13.7. The third kappa shape index (κ3) is 7.98. The Bertz CT molecular complexity index is 1140. The van der Waals surface area contributed by atoms with Crippen LogP contribution in [0.15, 0.2) is 89.4 Å². The van der Waals surface area contributed by atoms with E-state index in [0.717, 1.165) is 60.5 Å². The van der Waals surface area contributed by atoms with Gasteiger partial charge in [0.25, 0.3) is 0 Å². The summed E-state index contributed by atoms with van der Waals surface area (Å²) in [5, 5.41) is 0. The molecule has 0 amide bonds. The second kappa shape index (κ2) is 14.1. The van der Waals surface area contributed by atoms with Gasteiger partial charge in [-0.25, -0.2) is 4.39 Å². The SMILES string of the molecule is CCC1=CC=C(OCCC/C(CC)=C(\Cc2ccc(OC)cc2)Oc2ccc(F)cc2C=O)CC=C1. The lowest BCUT2D eigenvalue weighted by molar-refractivity contribution is 0.112. The minimum atomic E-state index is -0.471. The highest BCUT2D eigenvalue weighted by Gasteiger charge is 2.14. The molecule has 190 valence electrons.